The van der Waals surface area contributed by atoms with Crippen LogP contribution in [0.1, 0.15) is 31.7 Å². The summed E-state index contributed by atoms with van der Waals surface area (Å²) < 4.78 is 5.88. The van der Waals surface area contributed by atoms with Crippen molar-refractivity contribution >= 4 is 0 Å². The minimum Gasteiger partial charge on any atom is -0.493 e. The molecule has 2 nitrogen and oxygen atoms in total. The predicted octanol–water partition coefficient (Wildman–Crippen LogP) is 2.80. The van der Waals surface area contributed by atoms with Gasteiger partial charge >= 0.3 is 0 Å². The molecule has 2 aliphatic rings. The van der Waals surface area contributed by atoms with Gasteiger partial charge in [-0.15, -0.1) is 0 Å². The van der Waals surface area contributed by atoms with Crippen molar-refractivity contribution in [3.63, 3.8) is 0 Å². The van der Waals surface area contributed by atoms with Gasteiger partial charge < -0.3 is 10.1 Å². The molecule has 0 aromatic heterocycles. The molecule has 1 fully saturated rings. The van der Waals surface area contributed by atoms with Crippen LogP contribution in [-0.2, 0) is 0 Å². The Morgan fingerprint density at radius 1 is 1.35 bits per heavy atom. The normalized spacial score (nSPS) is 34.2. The van der Waals surface area contributed by atoms with E-state index in [-0.39, 0.29) is 0 Å². The Kier molecular flexibility index (Phi) is 2.83. The summed E-state index contributed by atoms with van der Waals surface area (Å²) >= 11 is 0. The number of ether oxygens (including phenoxy) is 1. The lowest BCUT2D eigenvalue weighted by Gasteiger charge is -2.53. The maximum Gasteiger partial charge on any atom is 0.122 e. The van der Waals surface area contributed by atoms with Gasteiger partial charge in [-0.1, -0.05) is 32.0 Å². The molecule has 1 heterocycles. The number of hydrogen-bond acceptors (Lipinski definition) is 2. The monoisotopic (exact) mass is 231 g/mol. The molecule has 3 rings (SSSR count). The molecule has 1 aliphatic heterocycles. The van der Waals surface area contributed by atoms with Crippen molar-refractivity contribution in [3.05, 3.63) is 29.8 Å². The van der Waals surface area contributed by atoms with Crippen molar-refractivity contribution in [3.8, 4) is 5.75 Å². The number of fused-ring (bicyclic) bond motifs is 3. The summed E-state index contributed by atoms with van der Waals surface area (Å²) in [4.78, 5) is 0. The molecule has 1 N–H and O–H groups in total. The fourth-order valence-corrected chi connectivity index (χ4v) is 3.52. The van der Waals surface area contributed by atoms with Crippen molar-refractivity contribution in [2.24, 2.45) is 11.8 Å². The van der Waals surface area contributed by atoms with Gasteiger partial charge in [0.1, 0.15) is 5.75 Å². The highest BCUT2D eigenvalue weighted by atomic mass is 16.5. The van der Waals surface area contributed by atoms with E-state index in [2.05, 4.69) is 43.4 Å². The van der Waals surface area contributed by atoms with E-state index in [9.17, 15) is 0 Å². The summed E-state index contributed by atoms with van der Waals surface area (Å²) in [5.41, 5.74) is 1.42. The highest BCUT2D eigenvalue weighted by Gasteiger charge is 2.51. The Hall–Kier alpha value is -1.02. The van der Waals surface area contributed by atoms with Gasteiger partial charge in [-0.2, -0.15) is 0 Å². The van der Waals surface area contributed by atoms with Crippen LogP contribution in [0.15, 0.2) is 24.3 Å². The van der Waals surface area contributed by atoms with Crippen molar-refractivity contribution in [1.29, 1.82) is 0 Å². The van der Waals surface area contributed by atoms with Crippen LogP contribution in [0.25, 0.3) is 0 Å². The SMILES string of the molecule is CCCNC1C(C)C2c3ccccc3OCC12. The molecule has 1 saturated carbocycles. The maximum absolute atomic E-state index is 5.88. The van der Waals surface area contributed by atoms with Crippen LogP contribution >= 0.6 is 0 Å². The molecule has 0 bridgehead atoms. The molecule has 4 atom stereocenters. The number of para-hydroxylation sites is 1. The van der Waals surface area contributed by atoms with Crippen LogP contribution in [0.5, 0.6) is 5.75 Å². The first-order chi connectivity index (χ1) is 8.33. The fraction of sp³-hybridized carbons (Fsp3) is 0.600. The molecule has 0 amide bonds. The third kappa shape index (κ3) is 1.66. The predicted molar refractivity (Wildman–Crippen MR) is 69.4 cm³/mol. The lowest BCUT2D eigenvalue weighted by atomic mass is 9.58. The van der Waals surface area contributed by atoms with Crippen molar-refractivity contribution in [1.82, 2.24) is 5.32 Å². The summed E-state index contributed by atoms with van der Waals surface area (Å²) in [6, 6.07) is 9.18. The average Bonchev–Trinajstić information content (AvgIpc) is 2.37. The topological polar surface area (TPSA) is 21.3 Å². The largest absolute Gasteiger partial charge is 0.493 e. The van der Waals surface area contributed by atoms with Gasteiger partial charge in [-0.3, -0.25) is 0 Å². The Balaban J connectivity index is 1.79. The molecule has 1 aromatic carbocycles. The van der Waals surface area contributed by atoms with Crippen LogP contribution in [0.4, 0.5) is 0 Å². The number of rotatable bonds is 3. The van der Waals surface area contributed by atoms with E-state index in [1.807, 2.05) is 0 Å². The van der Waals surface area contributed by atoms with Gasteiger partial charge in [-0.05, 0) is 36.4 Å². The Morgan fingerprint density at radius 3 is 3.00 bits per heavy atom. The van der Waals surface area contributed by atoms with E-state index in [1.165, 1.54) is 12.0 Å². The van der Waals surface area contributed by atoms with E-state index in [0.29, 0.717) is 17.9 Å². The molecular formula is C15H21NO. The van der Waals surface area contributed by atoms with E-state index < -0.39 is 0 Å². The van der Waals surface area contributed by atoms with Gasteiger partial charge in [-0.25, -0.2) is 0 Å². The minimum atomic E-state index is 0.647. The second kappa shape index (κ2) is 4.34. The molecule has 1 aromatic rings. The summed E-state index contributed by atoms with van der Waals surface area (Å²) in [6.45, 7) is 6.60. The molecule has 2 heteroatoms. The van der Waals surface area contributed by atoms with Crippen LogP contribution in [0, 0.1) is 11.8 Å². The summed E-state index contributed by atoms with van der Waals surface area (Å²) in [7, 11) is 0. The number of nitrogens with one attached hydrogen (secondary N) is 1. The summed E-state index contributed by atoms with van der Waals surface area (Å²) in [6.07, 6.45) is 1.21. The second-order valence-electron chi connectivity index (χ2n) is 5.38. The highest BCUT2D eigenvalue weighted by molar-refractivity contribution is 5.41. The summed E-state index contributed by atoms with van der Waals surface area (Å²) in [5, 5.41) is 3.67. The average molecular weight is 231 g/mol. The first-order valence-corrected chi connectivity index (χ1v) is 6.78. The van der Waals surface area contributed by atoms with Gasteiger partial charge in [0.2, 0.25) is 0 Å². The second-order valence-corrected chi connectivity index (χ2v) is 5.38. The standard InChI is InChI=1S/C15H21NO/c1-3-8-16-15-10(2)14-11-6-4-5-7-13(11)17-9-12(14)15/h4-7,10,12,14-16H,3,8-9H2,1-2H3. The van der Waals surface area contributed by atoms with Gasteiger partial charge in [0.05, 0.1) is 6.61 Å². The Morgan fingerprint density at radius 2 is 2.18 bits per heavy atom. The lowest BCUT2D eigenvalue weighted by molar-refractivity contribution is 0.0208. The minimum absolute atomic E-state index is 0.647. The third-order valence-electron chi connectivity index (χ3n) is 4.39. The van der Waals surface area contributed by atoms with E-state index in [1.54, 1.807) is 0 Å². The van der Waals surface area contributed by atoms with Crippen LogP contribution in [0.3, 0.4) is 0 Å². The maximum atomic E-state index is 5.88. The molecular weight excluding hydrogens is 210 g/mol. The zero-order chi connectivity index (χ0) is 11.8. The van der Waals surface area contributed by atoms with Crippen LogP contribution in [0.2, 0.25) is 0 Å². The quantitative estimate of drug-likeness (QED) is 0.863. The van der Waals surface area contributed by atoms with Gasteiger partial charge in [0, 0.05) is 12.0 Å². The smallest absolute Gasteiger partial charge is 0.122 e. The zero-order valence-electron chi connectivity index (χ0n) is 10.6. The Bertz CT molecular complexity index is 404. The molecule has 17 heavy (non-hydrogen) atoms. The third-order valence-corrected chi connectivity index (χ3v) is 4.39. The first-order valence-electron chi connectivity index (χ1n) is 6.78. The van der Waals surface area contributed by atoms with Crippen LogP contribution < -0.4 is 10.1 Å². The van der Waals surface area contributed by atoms with Crippen molar-refractivity contribution < 1.29 is 4.74 Å². The highest BCUT2D eigenvalue weighted by Crippen LogP contribution is 2.52. The van der Waals surface area contributed by atoms with E-state index >= 15 is 0 Å². The van der Waals surface area contributed by atoms with Crippen molar-refractivity contribution in [2.45, 2.75) is 32.2 Å². The Labute approximate surface area is 103 Å². The van der Waals surface area contributed by atoms with Gasteiger partial charge in [0.25, 0.3) is 0 Å². The molecule has 1 aliphatic carbocycles. The lowest BCUT2D eigenvalue weighted by Crippen LogP contribution is -2.59. The molecule has 92 valence electrons. The zero-order valence-corrected chi connectivity index (χ0v) is 10.6. The summed E-state index contributed by atoms with van der Waals surface area (Å²) in [5.74, 6) is 3.21. The fourth-order valence-electron chi connectivity index (χ4n) is 3.52. The number of hydrogen-bond donors (Lipinski definition) is 1. The number of benzene rings is 1. The van der Waals surface area contributed by atoms with Crippen LogP contribution in [-0.4, -0.2) is 19.2 Å². The molecule has 4 unspecified atom stereocenters. The first kappa shape index (κ1) is 11.1. The van der Waals surface area contributed by atoms with E-state index in [4.69, 9.17) is 4.74 Å². The van der Waals surface area contributed by atoms with E-state index in [0.717, 1.165) is 24.8 Å². The van der Waals surface area contributed by atoms with Gasteiger partial charge in [0.15, 0.2) is 0 Å². The molecule has 0 radical (unpaired) electrons. The molecule has 0 spiro atoms. The molecule has 0 saturated heterocycles. The van der Waals surface area contributed by atoms with Crippen molar-refractivity contribution in [2.75, 3.05) is 13.2 Å².